The van der Waals surface area contributed by atoms with Gasteiger partial charge < -0.3 is 24.4 Å². The molecular weight excluding hydrogens is 296 g/mol. The molecule has 0 amide bonds. The summed E-state index contributed by atoms with van der Waals surface area (Å²) < 4.78 is 15.1. The van der Waals surface area contributed by atoms with Crippen LogP contribution in [0.15, 0.2) is 0 Å². The molecule has 0 bridgehead atoms. The number of rotatable bonds is 4. The lowest BCUT2D eigenvalue weighted by Crippen LogP contribution is -2.06. The lowest BCUT2D eigenvalue weighted by Gasteiger charge is -2.05. The van der Waals surface area contributed by atoms with Gasteiger partial charge in [0, 0.05) is 14.2 Å². The van der Waals surface area contributed by atoms with Crippen molar-refractivity contribution in [3.8, 4) is 0 Å². The Labute approximate surface area is 142 Å². The maximum absolute atomic E-state index is 7.00. The lowest BCUT2D eigenvalue weighted by molar-refractivity contribution is 0.102. The summed E-state index contributed by atoms with van der Waals surface area (Å²) in [7, 11) is 2.00. The Morgan fingerprint density at radius 2 is 0.826 bits per heavy atom. The molecule has 0 aromatic heterocycles. The molecule has 2 unspecified atom stereocenters. The van der Waals surface area contributed by atoms with Crippen LogP contribution in [0.2, 0.25) is 0 Å². The van der Waals surface area contributed by atoms with Crippen LogP contribution in [-0.4, -0.2) is 63.1 Å². The molecule has 0 aromatic carbocycles. The fourth-order valence-electron chi connectivity index (χ4n) is 2.43. The normalized spacial score (nSPS) is 26.1. The van der Waals surface area contributed by atoms with Crippen LogP contribution in [0, 0.1) is 0 Å². The quantitative estimate of drug-likeness (QED) is 0.773. The molecule has 3 aliphatic rings. The second-order valence-electron chi connectivity index (χ2n) is 5.98. The summed E-state index contributed by atoms with van der Waals surface area (Å²) in [5, 5.41) is 14.0. The molecule has 23 heavy (non-hydrogen) atoms. The van der Waals surface area contributed by atoms with Crippen molar-refractivity contribution in [1.82, 2.24) is 0 Å². The topological polar surface area (TPSA) is 74.8 Å². The van der Waals surface area contributed by atoms with Gasteiger partial charge in [-0.25, -0.2) is 0 Å². The number of hydrogen-bond donors (Lipinski definition) is 2. The highest BCUT2D eigenvalue weighted by atomic mass is 16.6. The zero-order valence-corrected chi connectivity index (χ0v) is 15.2. The highest BCUT2D eigenvalue weighted by molar-refractivity contribution is 4.71. The summed E-state index contributed by atoms with van der Waals surface area (Å²) in [6.45, 7) is 3.26. The molecule has 2 saturated heterocycles. The van der Waals surface area contributed by atoms with Crippen LogP contribution < -0.4 is 0 Å². The Morgan fingerprint density at radius 1 is 0.609 bits per heavy atom. The molecule has 2 heterocycles. The zero-order chi connectivity index (χ0) is 17.2. The molecular formula is C18H38O5. The van der Waals surface area contributed by atoms with Crippen molar-refractivity contribution in [3.05, 3.63) is 0 Å². The molecule has 3 rings (SSSR count). The van der Waals surface area contributed by atoms with E-state index in [-0.39, 0.29) is 0 Å². The average Bonchev–Trinajstić information content (AvgIpc) is 3.53. The predicted molar refractivity (Wildman–Crippen MR) is 92.8 cm³/mol. The van der Waals surface area contributed by atoms with Crippen LogP contribution >= 0.6 is 0 Å². The number of aliphatic hydroxyl groups is 2. The molecule has 3 fully saturated rings. The molecule has 5 heteroatoms. The average molecular weight is 334 g/mol. The van der Waals surface area contributed by atoms with Crippen LogP contribution in [0.4, 0.5) is 0 Å². The van der Waals surface area contributed by atoms with Gasteiger partial charge in [-0.3, -0.25) is 0 Å². The number of ether oxygens (including phenoxy) is 3. The minimum Gasteiger partial charge on any atom is -0.400 e. The first kappa shape index (κ1) is 22.8. The summed E-state index contributed by atoms with van der Waals surface area (Å²) in [5.41, 5.74) is 0. The van der Waals surface area contributed by atoms with E-state index in [1.807, 2.05) is 0 Å². The fourth-order valence-corrected chi connectivity index (χ4v) is 2.43. The summed E-state index contributed by atoms with van der Waals surface area (Å²) >= 11 is 0. The van der Waals surface area contributed by atoms with E-state index < -0.39 is 0 Å². The summed E-state index contributed by atoms with van der Waals surface area (Å²) in [6.07, 6.45) is 15.8. The maximum atomic E-state index is 7.00. The van der Waals surface area contributed by atoms with Gasteiger partial charge in [0.15, 0.2) is 0 Å². The second kappa shape index (κ2) is 18.1. The summed E-state index contributed by atoms with van der Waals surface area (Å²) in [4.78, 5) is 0. The Bertz CT molecular complexity index is 172. The maximum Gasteiger partial charge on any atom is 0.104 e. The Kier molecular flexibility index (Phi) is 18.0. The molecule has 0 spiro atoms. The van der Waals surface area contributed by atoms with Crippen LogP contribution in [-0.2, 0) is 14.2 Å². The van der Waals surface area contributed by atoms with E-state index >= 15 is 0 Å². The molecule has 2 atom stereocenters. The first-order chi connectivity index (χ1) is 11.4. The Hall–Kier alpha value is -0.200. The molecule has 5 nitrogen and oxygen atoms in total. The monoisotopic (exact) mass is 334 g/mol. The van der Waals surface area contributed by atoms with Crippen molar-refractivity contribution in [3.63, 3.8) is 0 Å². The lowest BCUT2D eigenvalue weighted by atomic mass is 10.0. The minimum absolute atomic E-state index is 0.392. The van der Waals surface area contributed by atoms with Crippen molar-refractivity contribution in [2.75, 3.05) is 40.6 Å². The number of hydrogen-bond acceptors (Lipinski definition) is 5. The van der Waals surface area contributed by atoms with Gasteiger partial charge in [-0.15, -0.1) is 0 Å². The molecule has 0 radical (unpaired) electrons. The standard InChI is InChI=1S/C10H20.C6H10O3.2CH4O/c1-2-4-6-8-10-9-7-5-3-1;1(5-3-8-5)7-2-6-4-9-6;2*1-2/h1-10H2;5-6H,1-4H2;2*2H,1H3. The minimum atomic E-state index is 0.392. The zero-order valence-electron chi connectivity index (χ0n) is 15.2. The van der Waals surface area contributed by atoms with E-state index in [0.717, 1.165) is 40.6 Å². The van der Waals surface area contributed by atoms with Gasteiger partial charge in [0.2, 0.25) is 0 Å². The van der Waals surface area contributed by atoms with Crippen LogP contribution in [0.5, 0.6) is 0 Å². The van der Waals surface area contributed by atoms with Gasteiger partial charge >= 0.3 is 0 Å². The first-order valence-electron chi connectivity index (χ1n) is 9.15. The largest absolute Gasteiger partial charge is 0.400 e. The van der Waals surface area contributed by atoms with Crippen LogP contribution in [0.25, 0.3) is 0 Å². The highest BCUT2D eigenvalue weighted by Crippen LogP contribution is 2.15. The third-order valence-corrected chi connectivity index (χ3v) is 3.91. The van der Waals surface area contributed by atoms with Crippen LogP contribution in [0.1, 0.15) is 64.2 Å². The number of aliphatic hydroxyl groups excluding tert-OH is 2. The van der Waals surface area contributed by atoms with E-state index in [4.69, 9.17) is 24.4 Å². The highest BCUT2D eigenvalue weighted by Gasteiger charge is 2.26. The molecule has 1 aliphatic carbocycles. The van der Waals surface area contributed by atoms with Crippen molar-refractivity contribution >= 4 is 0 Å². The second-order valence-corrected chi connectivity index (χ2v) is 5.98. The molecule has 140 valence electrons. The van der Waals surface area contributed by atoms with Crippen molar-refractivity contribution in [1.29, 1.82) is 0 Å². The summed E-state index contributed by atoms with van der Waals surface area (Å²) in [6, 6.07) is 0. The van der Waals surface area contributed by atoms with Gasteiger partial charge in [-0.2, -0.15) is 0 Å². The van der Waals surface area contributed by atoms with E-state index in [1.165, 1.54) is 64.2 Å². The van der Waals surface area contributed by atoms with E-state index in [9.17, 15) is 0 Å². The molecule has 2 aliphatic heterocycles. The molecule has 2 N–H and O–H groups in total. The van der Waals surface area contributed by atoms with Gasteiger partial charge in [0.05, 0.1) is 26.4 Å². The third kappa shape index (κ3) is 18.0. The van der Waals surface area contributed by atoms with Crippen molar-refractivity contribution in [2.24, 2.45) is 0 Å². The van der Waals surface area contributed by atoms with Crippen molar-refractivity contribution < 1.29 is 24.4 Å². The van der Waals surface area contributed by atoms with Gasteiger partial charge in [-0.1, -0.05) is 64.2 Å². The molecule has 1 saturated carbocycles. The smallest absolute Gasteiger partial charge is 0.104 e. The van der Waals surface area contributed by atoms with Gasteiger partial charge in [0.1, 0.15) is 12.2 Å². The number of epoxide rings is 2. The SMILES string of the molecule is C(OCC1CO1)C1CO1.C1CCCCCCCCC1.CO.CO. The predicted octanol–water partition coefficient (Wildman–Crippen LogP) is 2.92. The first-order valence-corrected chi connectivity index (χ1v) is 9.15. The Balaban J connectivity index is 0.000000347. The van der Waals surface area contributed by atoms with Crippen LogP contribution in [0.3, 0.4) is 0 Å². The fraction of sp³-hybridized carbons (Fsp3) is 1.00. The van der Waals surface area contributed by atoms with E-state index in [1.54, 1.807) is 0 Å². The van der Waals surface area contributed by atoms with E-state index in [0.29, 0.717) is 12.2 Å². The summed E-state index contributed by atoms with van der Waals surface area (Å²) in [5.74, 6) is 0. The van der Waals surface area contributed by atoms with Gasteiger partial charge in [-0.05, 0) is 0 Å². The van der Waals surface area contributed by atoms with E-state index in [2.05, 4.69) is 0 Å². The molecule has 0 aromatic rings. The Morgan fingerprint density at radius 3 is 1.00 bits per heavy atom. The third-order valence-electron chi connectivity index (χ3n) is 3.91. The van der Waals surface area contributed by atoms with Gasteiger partial charge in [0.25, 0.3) is 0 Å². The van der Waals surface area contributed by atoms with Crippen molar-refractivity contribution in [2.45, 2.75) is 76.4 Å².